The SMILES string of the molecule is Cc1cc(Cl)ccc1C(=O)NC(C)CC(=O)O. The van der Waals surface area contributed by atoms with Crippen LogP contribution < -0.4 is 5.32 Å². The average Bonchev–Trinajstić information content (AvgIpc) is 2.15. The highest BCUT2D eigenvalue weighted by atomic mass is 35.5. The highest BCUT2D eigenvalue weighted by Gasteiger charge is 2.14. The lowest BCUT2D eigenvalue weighted by molar-refractivity contribution is -0.137. The third-order valence-electron chi connectivity index (χ3n) is 2.29. The van der Waals surface area contributed by atoms with Crippen LogP contribution in [0.2, 0.25) is 5.02 Å². The Morgan fingerprint density at radius 1 is 1.47 bits per heavy atom. The molecule has 1 unspecified atom stereocenters. The van der Waals surface area contributed by atoms with E-state index in [1.807, 2.05) is 0 Å². The number of nitrogens with one attached hydrogen (secondary N) is 1. The Morgan fingerprint density at radius 3 is 2.65 bits per heavy atom. The van der Waals surface area contributed by atoms with Gasteiger partial charge in [-0.1, -0.05) is 11.6 Å². The Kier molecular flexibility index (Phi) is 4.52. The molecule has 1 aromatic carbocycles. The summed E-state index contributed by atoms with van der Waals surface area (Å²) in [5, 5.41) is 11.8. The van der Waals surface area contributed by atoms with Gasteiger partial charge in [-0.15, -0.1) is 0 Å². The largest absolute Gasteiger partial charge is 0.481 e. The summed E-state index contributed by atoms with van der Waals surface area (Å²) in [5.41, 5.74) is 1.27. The van der Waals surface area contributed by atoms with Crippen LogP contribution in [0.15, 0.2) is 18.2 Å². The third kappa shape index (κ3) is 4.07. The number of rotatable bonds is 4. The normalized spacial score (nSPS) is 11.9. The minimum Gasteiger partial charge on any atom is -0.481 e. The van der Waals surface area contributed by atoms with Crippen molar-refractivity contribution in [3.63, 3.8) is 0 Å². The Bertz CT molecular complexity index is 445. The van der Waals surface area contributed by atoms with Crippen molar-refractivity contribution in [3.05, 3.63) is 34.3 Å². The lowest BCUT2D eigenvalue weighted by Gasteiger charge is -2.12. The van der Waals surface area contributed by atoms with Crippen LogP contribution in [-0.4, -0.2) is 23.0 Å². The van der Waals surface area contributed by atoms with Gasteiger partial charge in [0.15, 0.2) is 0 Å². The highest BCUT2D eigenvalue weighted by molar-refractivity contribution is 6.30. The average molecular weight is 256 g/mol. The number of amides is 1. The molecule has 0 saturated heterocycles. The van der Waals surface area contributed by atoms with E-state index in [2.05, 4.69) is 5.32 Å². The Morgan fingerprint density at radius 2 is 2.12 bits per heavy atom. The second-order valence-electron chi connectivity index (χ2n) is 3.93. The van der Waals surface area contributed by atoms with Gasteiger partial charge in [-0.05, 0) is 37.6 Å². The van der Waals surface area contributed by atoms with Crippen LogP contribution in [0, 0.1) is 6.92 Å². The zero-order chi connectivity index (χ0) is 13.0. The van der Waals surface area contributed by atoms with Crippen molar-refractivity contribution < 1.29 is 14.7 Å². The molecule has 17 heavy (non-hydrogen) atoms. The van der Waals surface area contributed by atoms with Crippen LogP contribution in [0.1, 0.15) is 29.3 Å². The number of hydrogen-bond donors (Lipinski definition) is 2. The standard InChI is InChI=1S/C12H14ClNO3/c1-7-5-9(13)3-4-10(7)12(17)14-8(2)6-11(15)16/h3-5,8H,6H2,1-2H3,(H,14,17)(H,15,16). The van der Waals surface area contributed by atoms with Gasteiger partial charge >= 0.3 is 5.97 Å². The summed E-state index contributed by atoms with van der Waals surface area (Å²) in [6, 6.07) is 4.54. The van der Waals surface area contributed by atoms with Crippen molar-refractivity contribution in [2.45, 2.75) is 26.3 Å². The van der Waals surface area contributed by atoms with E-state index in [1.165, 1.54) is 0 Å². The number of hydrogen-bond acceptors (Lipinski definition) is 2. The first-order valence-corrected chi connectivity index (χ1v) is 5.56. The molecule has 0 fully saturated rings. The topological polar surface area (TPSA) is 66.4 Å². The second kappa shape index (κ2) is 5.68. The van der Waals surface area contributed by atoms with Gasteiger partial charge in [0.1, 0.15) is 0 Å². The molecule has 1 rings (SSSR count). The molecule has 0 aliphatic carbocycles. The quantitative estimate of drug-likeness (QED) is 0.867. The number of carbonyl (C=O) groups excluding carboxylic acids is 1. The molecule has 92 valence electrons. The number of carboxylic acid groups (broad SMARTS) is 1. The molecule has 0 aliphatic heterocycles. The molecule has 4 nitrogen and oxygen atoms in total. The minimum atomic E-state index is -0.939. The molecule has 0 radical (unpaired) electrons. The zero-order valence-corrected chi connectivity index (χ0v) is 10.4. The van der Waals surface area contributed by atoms with Gasteiger partial charge in [0.25, 0.3) is 5.91 Å². The molecule has 2 N–H and O–H groups in total. The van der Waals surface area contributed by atoms with Crippen LogP contribution in [0.5, 0.6) is 0 Å². The maximum atomic E-state index is 11.8. The van der Waals surface area contributed by atoms with Crippen LogP contribution in [0.3, 0.4) is 0 Å². The molecule has 1 atom stereocenters. The molecule has 5 heteroatoms. The predicted octanol–water partition coefficient (Wildman–Crippen LogP) is 2.24. The van der Waals surface area contributed by atoms with Crippen molar-refractivity contribution in [2.75, 3.05) is 0 Å². The molecule has 0 aliphatic rings. The summed E-state index contributed by atoms with van der Waals surface area (Å²) in [4.78, 5) is 22.3. The minimum absolute atomic E-state index is 0.0988. The van der Waals surface area contributed by atoms with Crippen molar-refractivity contribution >= 4 is 23.5 Å². The first-order valence-electron chi connectivity index (χ1n) is 5.19. The Hall–Kier alpha value is -1.55. The number of halogens is 1. The van der Waals surface area contributed by atoms with E-state index in [1.54, 1.807) is 32.0 Å². The first kappa shape index (κ1) is 13.5. The van der Waals surface area contributed by atoms with Crippen molar-refractivity contribution in [1.29, 1.82) is 0 Å². The van der Waals surface area contributed by atoms with Crippen LogP contribution in [0.4, 0.5) is 0 Å². The summed E-state index contributed by atoms with van der Waals surface area (Å²) >= 11 is 5.79. The van der Waals surface area contributed by atoms with E-state index in [4.69, 9.17) is 16.7 Å². The molecule has 1 aromatic rings. The Labute approximate surface area is 105 Å². The summed E-state index contributed by atoms with van der Waals surface area (Å²) in [6.07, 6.45) is -0.0988. The van der Waals surface area contributed by atoms with Crippen LogP contribution >= 0.6 is 11.6 Å². The third-order valence-corrected chi connectivity index (χ3v) is 2.53. The Balaban J connectivity index is 2.73. The molecular formula is C12H14ClNO3. The van der Waals surface area contributed by atoms with E-state index in [0.29, 0.717) is 10.6 Å². The fraction of sp³-hybridized carbons (Fsp3) is 0.333. The number of aliphatic carboxylic acids is 1. The van der Waals surface area contributed by atoms with E-state index in [-0.39, 0.29) is 12.3 Å². The number of aryl methyl sites for hydroxylation is 1. The van der Waals surface area contributed by atoms with Gasteiger partial charge in [0.2, 0.25) is 0 Å². The van der Waals surface area contributed by atoms with E-state index in [0.717, 1.165) is 5.56 Å². The number of benzene rings is 1. The van der Waals surface area contributed by atoms with Crippen molar-refractivity contribution in [1.82, 2.24) is 5.32 Å². The molecule has 0 heterocycles. The molecule has 1 amide bonds. The fourth-order valence-electron chi connectivity index (χ4n) is 1.50. The van der Waals surface area contributed by atoms with E-state index >= 15 is 0 Å². The van der Waals surface area contributed by atoms with Gasteiger partial charge in [0, 0.05) is 16.6 Å². The van der Waals surface area contributed by atoms with E-state index in [9.17, 15) is 9.59 Å². The zero-order valence-electron chi connectivity index (χ0n) is 9.66. The van der Waals surface area contributed by atoms with E-state index < -0.39 is 12.0 Å². The second-order valence-corrected chi connectivity index (χ2v) is 4.37. The maximum absolute atomic E-state index is 11.8. The van der Waals surface area contributed by atoms with Gasteiger partial charge in [0.05, 0.1) is 6.42 Å². The monoisotopic (exact) mass is 255 g/mol. The van der Waals surface area contributed by atoms with Gasteiger partial charge in [-0.2, -0.15) is 0 Å². The molecule has 0 bridgehead atoms. The highest BCUT2D eigenvalue weighted by Crippen LogP contribution is 2.15. The van der Waals surface area contributed by atoms with Gasteiger partial charge in [-0.3, -0.25) is 9.59 Å². The summed E-state index contributed by atoms with van der Waals surface area (Å²) in [6.45, 7) is 3.43. The fourth-order valence-corrected chi connectivity index (χ4v) is 1.72. The van der Waals surface area contributed by atoms with Gasteiger partial charge in [-0.25, -0.2) is 0 Å². The number of carboxylic acids is 1. The summed E-state index contributed by atoms with van der Waals surface area (Å²) in [5.74, 6) is -1.22. The van der Waals surface area contributed by atoms with Crippen molar-refractivity contribution in [3.8, 4) is 0 Å². The number of carbonyl (C=O) groups is 2. The van der Waals surface area contributed by atoms with Crippen LogP contribution in [-0.2, 0) is 4.79 Å². The summed E-state index contributed by atoms with van der Waals surface area (Å²) < 4.78 is 0. The van der Waals surface area contributed by atoms with Crippen molar-refractivity contribution in [2.24, 2.45) is 0 Å². The molecule has 0 spiro atoms. The van der Waals surface area contributed by atoms with Crippen LogP contribution in [0.25, 0.3) is 0 Å². The lowest BCUT2D eigenvalue weighted by atomic mass is 10.1. The molecular weight excluding hydrogens is 242 g/mol. The predicted molar refractivity (Wildman–Crippen MR) is 65.4 cm³/mol. The maximum Gasteiger partial charge on any atom is 0.305 e. The molecule has 0 aromatic heterocycles. The van der Waals surface area contributed by atoms with Gasteiger partial charge < -0.3 is 10.4 Å². The smallest absolute Gasteiger partial charge is 0.305 e. The summed E-state index contributed by atoms with van der Waals surface area (Å²) in [7, 11) is 0. The lowest BCUT2D eigenvalue weighted by Crippen LogP contribution is -2.34. The first-order chi connectivity index (χ1) is 7.90. The molecule has 0 saturated carbocycles.